The predicted octanol–water partition coefficient (Wildman–Crippen LogP) is 3.13. The summed E-state index contributed by atoms with van der Waals surface area (Å²) in [4.78, 5) is 73.1. The second-order valence-electron chi connectivity index (χ2n) is 15.8. The quantitative estimate of drug-likeness (QED) is 0.170. The fraction of sp³-hybridized carbons (Fsp3) is 0.725. The highest BCUT2D eigenvalue weighted by Crippen LogP contribution is 2.30. The largest absolute Gasteiger partial charge is 0.391 e. The fourth-order valence-corrected chi connectivity index (χ4v) is 7.68. The first kappa shape index (κ1) is 46.7. The predicted molar refractivity (Wildman–Crippen MR) is 205 cm³/mol. The molecule has 1 saturated heterocycles. The van der Waals surface area contributed by atoms with Gasteiger partial charge in [0.25, 0.3) is 0 Å². The van der Waals surface area contributed by atoms with Crippen molar-refractivity contribution in [3.05, 3.63) is 35.6 Å². The summed E-state index contributed by atoms with van der Waals surface area (Å²) in [7, 11) is 8.26. The summed E-state index contributed by atoms with van der Waals surface area (Å²) in [6.45, 7) is 14.8. The Morgan fingerprint density at radius 2 is 1.50 bits per heavy atom. The number of likely N-dealkylation sites (N-methyl/N-ethyl adjacent to an activating group) is 2. The van der Waals surface area contributed by atoms with Gasteiger partial charge in [0.1, 0.15) is 11.9 Å². The summed E-state index contributed by atoms with van der Waals surface area (Å²) >= 11 is 0. The molecule has 14 heteroatoms. The van der Waals surface area contributed by atoms with Crippen molar-refractivity contribution in [2.75, 3.05) is 41.9 Å². The number of hydrogen-bond acceptors (Lipinski definition) is 9. The average molecular weight is 764 g/mol. The Kier molecular flexibility index (Phi) is 18.2. The molecule has 1 aromatic carbocycles. The number of rotatable bonds is 20. The molecule has 54 heavy (non-hydrogen) atoms. The van der Waals surface area contributed by atoms with Crippen LogP contribution in [0, 0.1) is 29.5 Å². The monoisotopic (exact) mass is 763 g/mol. The summed E-state index contributed by atoms with van der Waals surface area (Å²) in [5, 5.41) is 16.5. The number of ether oxygens (including phenoxy) is 2. The summed E-state index contributed by atoms with van der Waals surface area (Å²) in [6.07, 6.45) is -1.72. The third-order valence-corrected chi connectivity index (χ3v) is 10.8. The van der Waals surface area contributed by atoms with Crippen LogP contribution in [0.2, 0.25) is 0 Å². The van der Waals surface area contributed by atoms with Crippen molar-refractivity contribution in [3.8, 4) is 0 Å². The Bertz CT molecular complexity index is 1400. The number of carbonyl (C=O) groups excluding carboxylic acids is 5. The van der Waals surface area contributed by atoms with E-state index in [2.05, 4.69) is 10.6 Å². The van der Waals surface area contributed by atoms with Crippen LogP contribution >= 0.6 is 0 Å². The first-order chi connectivity index (χ1) is 25.2. The van der Waals surface area contributed by atoms with E-state index in [1.54, 1.807) is 18.9 Å². The van der Waals surface area contributed by atoms with Gasteiger partial charge >= 0.3 is 0 Å². The molecule has 1 aromatic rings. The van der Waals surface area contributed by atoms with E-state index in [-0.39, 0.29) is 60.4 Å². The van der Waals surface area contributed by atoms with Gasteiger partial charge in [-0.25, -0.2) is 4.39 Å². The molecular formula is C40H66FN5O8. The van der Waals surface area contributed by atoms with Gasteiger partial charge in [-0.15, -0.1) is 0 Å². The van der Waals surface area contributed by atoms with E-state index in [9.17, 15) is 33.5 Å². The number of β-amino-alcohol motifs (C(OH)–C–C–N with tert-alkyl or cyclic N) is 1. The second-order valence-corrected chi connectivity index (χ2v) is 15.8. The number of aliphatic hydroxyl groups excluding tert-OH is 1. The molecule has 0 radical (unpaired) electrons. The lowest BCUT2D eigenvalue weighted by molar-refractivity contribution is -0.148. The maximum absolute atomic E-state index is 14.2. The van der Waals surface area contributed by atoms with Crippen LogP contribution in [0.1, 0.15) is 85.0 Å². The van der Waals surface area contributed by atoms with E-state index in [4.69, 9.17) is 9.47 Å². The number of Topliss-reactive ketones (excluding diaryl/α,β-unsaturated/α-hetero) is 1. The van der Waals surface area contributed by atoms with E-state index in [1.807, 2.05) is 60.5 Å². The maximum atomic E-state index is 14.2. The van der Waals surface area contributed by atoms with Gasteiger partial charge in [0.2, 0.25) is 23.6 Å². The molecule has 2 rings (SSSR count). The molecule has 4 amide bonds. The summed E-state index contributed by atoms with van der Waals surface area (Å²) in [6, 6.07) is 1.68. The van der Waals surface area contributed by atoms with Crippen LogP contribution in [0.5, 0.6) is 0 Å². The molecule has 0 saturated carbocycles. The van der Waals surface area contributed by atoms with Gasteiger partial charge < -0.3 is 35.0 Å². The number of ketones is 1. The smallest absolute Gasteiger partial charge is 0.245 e. The van der Waals surface area contributed by atoms with E-state index in [0.717, 1.165) is 0 Å². The van der Waals surface area contributed by atoms with Gasteiger partial charge in [0.05, 0.1) is 54.8 Å². The van der Waals surface area contributed by atoms with Crippen LogP contribution in [-0.4, -0.2) is 140 Å². The molecule has 306 valence electrons. The lowest BCUT2D eigenvalue weighted by Gasteiger charge is -2.41. The first-order valence-electron chi connectivity index (χ1n) is 19.1. The summed E-state index contributed by atoms with van der Waals surface area (Å²) in [5.74, 6) is -3.36. The highest BCUT2D eigenvalue weighted by Gasteiger charge is 2.45. The Morgan fingerprint density at radius 1 is 0.907 bits per heavy atom. The van der Waals surface area contributed by atoms with Crippen LogP contribution in [0.4, 0.5) is 4.39 Å². The zero-order valence-electron chi connectivity index (χ0n) is 34.6. The zero-order valence-corrected chi connectivity index (χ0v) is 34.6. The van der Waals surface area contributed by atoms with E-state index < -0.39 is 71.9 Å². The Labute approximate surface area is 321 Å². The average Bonchev–Trinajstić information content (AvgIpc) is 3.50. The van der Waals surface area contributed by atoms with Gasteiger partial charge in [-0.1, -0.05) is 54.9 Å². The number of amides is 4. The minimum absolute atomic E-state index is 0.0146. The van der Waals surface area contributed by atoms with Gasteiger partial charge in [0, 0.05) is 33.4 Å². The molecule has 3 N–H and O–H groups in total. The number of carbonyl (C=O) groups is 5. The second kappa shape index (κ2) is 21.0. The number of hydrogen-bond donors (Lipinski definition) is 3. The fourth-order valence-electron chi connectivity index (χ4n) is 7.68. The third-order valence-electron chi connectivity index (χ3n) is 10.8. The molecular weight excluding hydrogens is 697 g/mol. The van der Waals surface area contributed by atoms with E-state index in [0.29, 0.717) is 6.42 Å². The number of likely N-dealkylation sites (tertiary alicyclic amines) is 1. The zero-order chi connectivity index (χ0) is 41.2. The standard InChI is InChI=1S/C40H66FN5O8/c1-14-24(6)35(45(11)40(52)33(22(2)3)43-39(51)34(23(4)5)44(9)10)31(53-12)20-32(48)46-21-29(47)19-30(46)37(54-13)25(7)38(50)42-26(8)36(49)27-15-17-28(41)18-16-27/h15-18,22-26,29-31,33-35,37,47H,14,19-21H2,1-13H3,(H,42,50)(H,43,51)/t24-,25+,26-,29-,30-,31+,33-,34-,35?,37+/m0/s1. The molecule has 1 fully saturated rings. The van der Waals surface area contributed by atoms with Gasteiger partial charge in [-0.2, -0.15) is 0 Å². The number of methoxy groups -OCH3 is 2. The molecule has 0 aliphatic carbocycles. The summed E-state index contributed by atoms with van der Waals surface area (Å²) in [5.41, 5.74) is 0.250. The van der Waals surface area contributed by atoms with Crippen molar-refractivity contribution in [1.82, 2.24) is 25.3 Å². The van der Waals surface area contributed by atoms with Crippen LogP contribution in [0.25, 0.3) is 0 Å². The number of benzene rings is 1. The Hall–Kier alpha value is -3.46. The highest BCUT2D eigenvalue weighted by molar-refractivity contribution is 6.01. The lowest BCUT2D eigenvalue weighted by atomic mass is 9.89. The van der Waals surface area contributed by atoms with Gasteiger partial charge in [0.15, 0.2) is 5.78 Å². The van der Waals surface area contributed by atoms with Crippen molar-refractivity contribution in [1.29, 1.82) is 0 Å². The van der Waals surface area contributed by atoms with Crippen molar-refractivity contribution in [2.45, 2.75) is 123 Å². The lowest BCUT2D eigenvalue weighted by Crippen LogP contribution is -2.59. The number of halogens is 1. The molecule has 10 atom stereocenters. The Morgan fingerprint density at radius 3 is 1.98 bits per heavy atom. The third kappa shape index (κ3) is 11.8. The molecule has 1 heterocycles. The van der Waals surface area contributed by atoms with Crippen LogP contribution < -0.4 is 10.6 Å². The normalized spacial score (nSPS) is 20.5. The highest BCUT2D eigenvalue weighted by atomic mass is 19.1. The molecule has 0 spiro atoms. The minimum Gasteiger partial charge on any atom is -0.391 e. The van der Waals surface area contributed by atoms with E-state index in [1.165, 1.54) is 50.3 Å². The van der Waals surface area contributed by atoms with Crippen molar-refractivity contribution in [3.63, 3.8) is 0 Å². The molecule has 13 nitrogen and oxygen atoms in total. The number of nitrogens with one attached hydrogen (secondary N) is 2. The SMILES string of the molecule is CC[C@H](C)C([C@@H](CC(=O)N1C[C@@H](O)C[C@H]1[C@H](OC)[C@@H](C)C(=O)N[C@@H](C)C(=O)c1ccc(F)cc1)OC)N(C)C(=O)[C@@H](NC(=O)[C@H](C(C)C)N(C)C)C(C)C. The van der Waals surface area contributed by atoms with Gasteiger partial charge in [-0.05, 0) is 69.5 Å². The maximum Gasteiger partial charge on any atom is 0.245 e. The minimum atomic E-state index is -0.914. The number of aliphatic hydroxyl groups is 1. The molecule has 1 unspecified atom stereocenters. The Balaban J connectivity index is 2.30. The van der Waals surface area contributed by atoms with Crippen molar-refractivity contribution >= 4 is 29.4 Å². The first-order valence-corrected chi connectivity index (χ1v) is 19.1. The van der Waals surface area contributed by atoms with Crippen LogP contribution in [0.15, 0.2) is 24.3 Å². The van der Waals surface area contributed by atoms with Crippen LogP contribution in [-0.2, 0) is 28.7 Å². The van der Waals surface area contributed by atoms with Crippen LogP contribution in [0.3, 0.4) is 0 Å². The molecule has 0 bridgehead atoms. The summed E-state index contributed by atoms with van der Waals surface area (Å²) < 4.78 is 25.1. The van der Waals surface area contributed by atoms with E-state index >= 15 is 0 Å². The van der Waals surface area contributed by atoms with Crippen molar-refractivity contribution in [2.24, 2.45) is 23.7 Å². The topological polar surface area (TPSA) is 158 Å². The van der Waals surface area contributed by atoms with Crippen molar-refractivity contribution < 1.29 is 42.9 Å². The molecule has 1 aliphatic heterocycles. The van der Waals surface area contributed by atoms with Gasteiger partial charge in [-0.3, -0.25) is 28.9 Å². The number of nitrogens with zero attached hydrogens (tertiary/aromatic N) is 3. The molecule has 0 aromatic heterocycles. The molecule has 1 aliphatic rings.